The molecule has 0 N–H and O–H groups in total. The smallest absolute Gasteiger partial charge is 0.336 e. The highest BCUT2D eigenvalue weighted by molar-refractivity contribution is 9.10. The van der Waals surface area contributed by atoms with Crippen LogP contribution in [0.5, 0.6) is 0 Å². The Morgan fingerprint density at radius 2 is 1.89 bits per heavy atom. The molecule has 0 aliphatic carbocycles. The Balaban J connectivity index is 1.79. The van der Waals surface area contributed by atoms with Crippen molar-refractivity contribution in [2.45, 2.75) is 12.3 Å². The molecule has 0 fully saturated rings. The number of amides is 1. The standard InChI is InChI=1S/C19H13BrN2O5/c20-12-2-1-3-14(8-12)21-16-10-27-19(24)18(16)15(9-17(21)23)11-4-6-13(7-5-11)22(25)26/h1-8,15H,9-10H2. The number of hydrogen-bond donors (Lipinski definition) is 0. The van der Waals surface area contributed by atoms with Gasteiger partial charge in [0.25, 0.3) is 5.69 Å². The number of rotatable bonds is 3. The molecule has 2 aromatic carbocycles. The summed E-state index contributed by atoms with van der Waals surface area (Å²) in [7, 11) is 0. The number of carbonyl (C=O) groups is 2. The number of ether oxygens (including phenoxy) is 1. The number of nitrogens with zero attached hydrogens (tertiary/aromatic N) is 2. The van der Waals surface area contributed by atoms with Crippen molar-refractivity contribution in [3.8, 4) is 0 Å². The first-order chi connectivity index (χ1) is 13.0. The molecule has 2 heterocycles. The number of nitro groups is 1. The summed E-state index contributed by atoms with van der Waals surface area (Å²) < 4.78 is 6.03. The Morgan fingerprint density at radius 1 is 1.15 bits per heavy atom. The van der Waals surface area contributed by atoms with Crippen LogP contribution >= 0.6 is 15.9 Å². The normalized spacial score (nSPS) is 19.1. The third-order valence-corrected chi connectivity index (χ3v) is 5.18. The van der Waals surface area contributed by atoms with Gasteiger partial charge in [-0.3, -0.25) is 19.8 Å². The molecule has 0 saturated carbocycles. The number of esters is 1. The van der Waals surface area contributed by atoms with E-state index in [1.54, 1.807) is 24.3 Å². The number of carbonyl (C=O) groups excluding carboxylic acids is 2. The molecule has 1 unspecified atom stereocenters. The molecule has 1 amide bonds. The fraction of sp³-hybridized carbons (Fsp3) is 0.158. The van der Waals surface area contributed by atoms with Crippen molar-refractivity contribution in [3.63, 3.8) is 0 Å². The maximum atomic E-state index is 12.9. The van der Waals surface area contributed by atoms with Crippen LogP contribution in [0.1, 0.15) is 17.9 Å². The van der Waals surface area contributed by atoms with Crippen LogP contribution in [0.4, 0.5) is 11.4 Å². The van der Waals surface area contributed by atoms with Gasteiger partial charge in [-0.15, -0.1) is 0 Å². The van der Waals surface area contributed by atoms with Gasteiger partial charge in [-0.25, -0.2) is 4.79 Å². The molecular formula is C19H13BrN2O5. The maximum Gasteiger partial charge on any atom is 0.336 e. The topological polar surface area (TPSA) is 89.7 Å². The highest BCUT2D eigenvalue weighted by Crippen LogP contribution is 2.42. The minimum atomic E-state index is -0.487. The zero-order chi connectivity index (χ0) is 19.1. The first-order valence-corrected chi connectivity index (χ1v) is 8.98. The van der Waals surface area contributed by atoms with Gasteiger partial charge in [0.2, 0.25) is 5.91 Å². The molecule has 136 valence electrons. The summed E-state index contributed by atoms with van der Waals surface area (Å²) in [6.45, 7) is 0.0237. The molecule has 0 bridgehead atoms. The molecule has 2 aliphatic rings. The van der Waals surface area contributed by atoms with Gasteiger partial charge in [0.1, 0.15) is 6.61 Å². The van der Waals surface area contributed by atoms with E-state index < -0.39 is 16.8 Å². The Hall–Kier alpha value is -3.00. The van der Waals surface area contributed by atoms with Gasteiger partial charge in [-0.1, -0.05) is 34.1 Å². The van der Waals surface area contributed by atoms with Crippen molar-refractivity contribution < 1.29 is 19.2 Å². The van der Waals surface area contributed by atoms with Crippen molar-refractivity contribution in [2.75, 3.05) is 11.5 Å². The summed E-state index contributed by atoms with van der Waals surface area (Å²) in [6.07, 6.45) is 0.0816. The van der Waals surface area contributed by atoms with Crippen LogP contribution in [0.3, 0.4) is 0 Å². The minimum Gasteiger partial charge on any atom is -0.456 e. The van der Waals surface area contributed by atoms with E-state index in [1.165, 1.54) is 17.0 Å². The Bertz CT molecular complexity index is 999. The SMILES string of the molecule is O=C1OCC2=C1C(c1ccc([N+](=O)[O-])cc1)CC(=O)N2c1cccc(Br)c1. The Morgan fingerprint density at radius 3 is 2.56 bits per heavy atom. The third-order valence-electron chi connectivity index (χ3n) is 4.69. The van der Waals surface area contributed by atoms with Crippen LogP contribution in [0.2, 0.25) is 0 Å². The molecule has 0 aromatic heterocycles. The van der Waals surface area contributed by atoms with Crippen LogP contribution in [0.25, 0.3) is 0 Å². The molecular weight excluding hydrogens is 416 g/mol. The van der Waals surface area contributed by atoms with Gasteiger partial charge >= 0.3 is 5.97 Å². The second-order valence-electron chi connectivity index (χ2n) is 6.25. The van der Waals surface area contributed by atoms with Gasteiger partial charge in [0.05, 0.1) is 16.2 Å². The monoisotopic (exact) mass is 428 g/mol. The average molecular weight is 429 g/mol. The second kappa shape index (κ2) is 6.62. The first kappa shape index (κ1) is 17.4. The molecule has 8 heteroatoms. The predicted octanol–water partition coefficient (Wildman–Crippen LogP) is 3.69. The number of cyclic esters (lactones) is 1. The number of benzene rings is 2. The Kier molecular flexibility index (Phi) is 4.27. The van der Waals surface area contributed by atoms with Crippen molar-refractivity contribution in [3.05, 3.63) is 80.0 Å². The summed E-state index contributed by atoms with van der Waals surface area (Å²) in [5, 5.41) is 10.9. The number of hydrogen-bond acceptors (Lipinski definition) is 5. The van der Waals surface area contributed by atoms with Crippen LogP contribution < -0.4 is 4.90 Å². The van der Waals surface area contributed by atoms with Crippen LogP contribution in [-0.2, 0) is 14.3 Å². The van der Waals surface area contributed by atoms with Gasteiger partial charge in [0, 0.05) is 34.6 Å². The number of nitro benzene ring substituents is 1. The lowest BCUT2D eigenvalue weighted by molar-refractivity contribution is -0.384. The first-order valence-electron chi connectivity index (χ1n) is 8.19. The molecule has 7 nitrogen and oxygen atoms in total. The van der Waals surface area contributed by atoms with E-state index in [0.29, 0.717) is 22.5 Å². The van der Waals surface area contributed by atoms with E-state index in [0.717, 1.165) is 4.47 Å². The highest BCUT2D eigenvalue weighted by atomic mass is 79.9. The zero-order valence-electron chi connectivity index (χ0n) is 13.9. The summed E-state index contributed by atoms with van der Waals surface area (Å²) in [6, 6.07) is 13.2. The van der Waals surface area contributed by atoms with E-state index in [1.807, 2.05) is 12.1 Å². The van der Waals surface area contributed by atoms with E-state index in [-0.39, 0.29) is 24.6 Å². The highest BCUT2D eigenvalue weighted by Gasteiger charge is 2.43. The summed E-state index contributed by atoms with van der Waals surface area (Å²) in [4.78, 5) is 37.2. The van der Waals surface area contributed by atoms with E-state index in [9.17, 15) is 19.7 Å². The Labute approximate surface area is 162 Å². The van der Waals surface area contributed by atoms with Crippen molar-refractivity contribution >= 4 is 39.2 Å². The molecule has 1 atom stereocenters. The summed E-state index contributed by atoms with van der Waals surface area (Å²) in [5.41, 5.74) is 2.25. The van der Waals surface area contributed by atoms with Crippen molar-refractivity contribution in [2.24, 2.45) is 0 Å². The molecule has 0 radical (unpaired) electrons. The van der Waals surface area contributed by atoms with Gasteiger partial charge < -0.3 is 4.74 Å². The maximum absolute atomic E-state index is 12.9. The van der Waals surface area contributed by atoms with Gasteiger partial charge in [-0.05, 0) is 23.8 Å². The minimum absolute atomic E-state index is 0.0237. The van der Waals surface area contributed by atoms with Crippen molar-refractivity contribution in [1.82, 2.24) is 0 Å². The fourth-order valence-electron chi connectivity index (χ4n) is 3.48. The quantitative estimate of drug-likeness (QED) is 0.422. The second-order valence-corrected chi connectivity index (χ2v) is 7.17. The predicted molar refractivity (Wildman–Crippen MR) is 100 cm³/mol. The average Bonchev–Trinajstić information content (AvgIpc) is 3.02. The van der Waals surface area contributed by atoms with Gasteiger partial charge in [-0.2, -0.15) is 0 Å². The lowest BCUT2D eigenvalue weighted by Crippen LogP contribution is -2.37. The van der Waals surface area contributed by atoms with Gasteiger partial charge in [0.15, 0.2) is 0 Å². The van der Waals surface area contributed by atoms with E-state index in [4.69, 9.17) is 4.74 Å². The van der Waals surface area contributed by atoms with E-state index in [2.05, 4.69) is 15.9 Å². The third kappa shape index (κ3) is 3.02. The summed E-state index contributed by atoms with van der Waals surface area (Å²) >= 11 is 3.39. The summed E-state index contributed by atoms with van der Waals surface area (Å²) in [5.74, 6) is -1.10. The largest absolute Gasteiger partial charge is 0.456 e. The number of non-ortho nitro benzene ring substituents is 1. The molecule has 0 saturated heterocycles. The zero-order valence-corrected chi connectivity index (χ0v) is 15.5. The fourth-order valence-corrected chi connectivity index (χ4v) is 3.87. The molecule has 2 aliphatic heterocycles. The molecule has 0 spiro atoms. The lowest BCUT2D eigenvalue weighted by Gasteiger charge is -2.31. The molecule has 27 heavy (non-hydrogen) atoms. The van der Waals surface area contributed by atoms with Crippen LogP contribution in [0, 0.1) is 10.1 Å². The lowest BCUT2D eigenvalue weighted by atomic mass is 9.84. The van der Waals surface area contributed by atoms with Crippen LogP contribution in [-0.4, -0.2) is 23.4 Å². The molecule has 2 aromatic rings. The van der Waals surface area contributed by atoms with Crippen LogP contribution in [0.15, 0.2) is 64.3 Å². The van der Waals surface area contributed by atoms with Crippen molar-refractivity contribution in [1.29, 1.82) is 0 Å². The number of anilines is 1. The molecule has 4 rings (SSSR count). The number of halogens is 1. The van der Waals surface area contributed by atoms with E-state index >= 15 is 0 Å².